The van der Waals surface area contributed by atoms with Crippen LogP contribution in [0.5, 0.6) is 5.75 Å². The number of nitrogen functional groups attached to an aromatic ring is 1. The summed E-state index contributed by atoms with van der Waals surface area (Å²) in [5, 5.41) is 19.3. The number of benzene rings is 1. The first-order valence-electron chi connectivity index (χ1n) is 7.42. The zero-order chi connectivity index (χ0) is 16.8. The molecule has 0 saturated carbocycles. The molecule has 1 aromatic carbocycles. The number of nitriles is 1. The fourth-order valence-electron chi connectivity index (χ4n) is 3.14. The number of fused-ring (bicyclic) bond motifs is 3. The van der Waals surface area contributed by atoms with E-state index in [9.17, 15) is 10.4 Å². The van der Waals surface area contributed by atoms with Gasteiger partial charge in [-0.25, -0.2) is 15.0 Å². The molecule has 6 nitrogen and oxygen atoms in total. The molecule has 0 spiro atoms. The first kappa shape index (κ1) is 14.2. The third-order valence-electron chi connectivity index (χ3n) is 4.22. The van der Waals surface area contributed by atoms with Crippen molar-refractivity contribution in [3.8, 4) is 34.2 Å². The van der Waals surface area contributed by atoms with E-state index >= 15 is 0 Å². The fourth-order valence-corrected chi connectivity index (χ4v) is 3.14. The van der Waals surface area contributed by atoms with Crippen molar-refractivity contribution in [3.05, 3.63) is 53.1 Å². The van der Waals surface area contributed by atoms with Crippen LogP contribution in [-0.2, 0) is 6.42 Å². The van der Waals surface area contributed by atoms with Gasteiger partial charge in [-0.05, 0) is 36.2 Å². The van der Waals surface area contributed by atoms with Gasteiger partial charge in [-0.3, -0.25) is 0 Å². The van der Waals surface area contributed by atoms with Crippen molar-refractivity contribution in [1.29, 1.82) is 5.26 Å². The first-order chi connectivity index (χ1) is 11.6. The molecular formula is C18H13N5O. The second kappa shape index (κ2) is 5.03. The molecule has 2 aromatic heterocycles. The Labute approximate surface area is 138 Å². The van der Waals surface area contributed by atoms with E-state index in [1.807, 2.05) is 6.07 Å². The van der Waals surface area contributed by atoms with Gasteiger partial charge >= 0.3 is 0 Å². The number of phenols is 1. The van der Waals surface area contributed by atoms with Crippen LogP contribution in [0.1, 0.15) is 22.5 Å². The summed E-state index contributed by atoms with van der Waals surface area (Å²) in [4.78, 5) is 12.9. The smallest absolute Gasteiger partial charge is 0.142 e. The van der Waals surface area contributed by atoms with E-state index in [1.54, 1.807) is 31.5 Å². The summed E-state index contributed by atoms with van der Waals surface area (Å²) in [5.74, 6) is 1.05. The van der Waals surface area contributed by atoms with Crippen LogP contribution >= 0.6 is 0 Å². The predicted octanol–water partition coefficient (Wildman–Crippen LogP) is 2.58. The number of aryl methyl sites for hydroxylation is 1. The monoisotopic (exact) mass is 315 g/mol. The summed E-state index contributed by atoms with van der Waals surface area (Å²) in [5.41, 5.74) is 11.4. The van der Waals surface area contributed by atoms with Gasteiger partial charge in [0.2, 0.25) is 0 Å². The molecule has 0 saturated heterocycles. The molecule has 116 valence electrons. The Bertz CT molecular complexity index is 1020. The van der Waals surface area contributed by atoms with Crippen molar-refractivity contribution in [1.82, 2.24) is 15.0 Å². The summed E-state index contributed by atoms with van der Waals surface area (Å²) in [6.45, 7) is 1.80. The number of pyridine rings is 1. The average molecular weight is 315 g/mol. The average Bonchev–Trinajstić information content (AvgIpc) is 2.91. The van der Waals surface area contributed by atoms with Gasteiger partial charge in [0, 0.05) is 35.5 Å². The molecule has 0 bridgehead atoms. The zero-order valence-electron chi connectivity index (χ0n) is 12.9. The minimum absolute atomic E-state index is 0.188. The maximum absolute atomic E-state index is 9.73. The lowest BCUT2D eigenvalue weighted by Crippen LogP contribution is -2.03. The van der Waals surface area contributed by atoms with Gasteiger partial charge in [-0.2, -0.15) is 5.26 Å². The molecule has 3 aromatic rings. The maximum Gasteiger partial charge on any atom is 0.142 e. The van der Waals surface area contributed by atoms with E-state index in [-0.39, 0.29) is 11.6 Å². The van der Waals surface area contributed by atoms with Gasteiger partial charge in [0.15, 0.2) is 0 Å². The second-order valence-corrected chi connectivity index (χ2v) is 5.72. The molecule has 0 amide bonds. The predicted molar refractivity (Wildman–Crippen MR) is 89.0 cm³/mol. The Morgan fingerprint density at radius 2 is 2.00 bits per heavy atom. The third kappa shape index (κ3) is 1.99. The Kier molecular flexibility index (Phi) is 2.97. The molecule has 24 heavy (non-hydrogen) atoms. The number of rotatable bonds is 1. The van der Waals surface area contributed by atoms with Crippen molar-refractivity contribution in [2.75, 3.05) is 5.73 Å². The Hall–Kier alpha value is -3.46. The van der Waals surface area contributed by atoms with Crippen molar-refractivity contribution in [3.63, 3.8) is 0 Å². The van der Waals surface area contributed by atoms with Crippen LogP contribution in [0.15, 0.2) is 30.6 Å². The number of hydrogen-bond donors (Lipinski definition) is 2. The lowest BCUT2D eigenvalue weighted by Gasteiger charge is -2.12. The number of anilines is 1. The quantitative estimate of drug-likeness (QED) is 0.559. The van der Waals surface area contributed by atoms with E-state index in [0.717, 1.165) is 33.5 Å². The first-order valence-corrected chi connectivity index (χ1v) is 7.42. The van der Waals surface area contributed by atoms with E-state index in [1.165, 1.54) is 0 Å². The molecule has 0 unspecified atom stereocenters. The number of nitrogens with two attached hydrogens (primary N) is 1. The van der Waals surface area contributed by atoms with Gasteiger partial charge < -0.3 is 10.8 Å². The lowest BCUT2D eigenvalue weighted by atomic mass is 9.96. The highest BCUT2D eigenvalue weighted by Gasteiger charge is 2.27. The van der Waals surface area contributed by atoms with Gasteiger partial charge in [0.25, 0.3) is 0 Å². The maximum atomic E-state index is 9.73. The molecule has 2 heterocycles. The SMILES string of the molecule is Cc1ncc(-c2c(C#N)c(N)nc3c2Cc2cc(O)ccc2-3)cn1. The van der Waals surface area contributed by atoms with Crippen LogP contribution in [0.3, 0.4) is 0 Å². The highest BCUT2D eigenvalue weighted by molar-refractivity contribution is 5.88. The van der Waals surface area contributed by atoms with Crippen LogP contribution in [0.25, 0.3) is 22.4 Å². The molecule has 0 atom stereocenters. The molecule has 0 fully saturated rings. The van der Waals surface area contributed by atoms with Crippen molar-refractivity contribution < 1.29 is 5.11 Å². The van der Waals surface area contributed by atoms with E-state index in [4.69, 9.17) is 5.73 Å². The third-order valence-corrected chi connectivity index (χ3v) is 4.22. The van der Waals surface area contributed by atoms with Crippen LogP contribution in [0, 0.1) is 18.3 Å². The minimum atomic E-state index is 0.188. The molecule has 0 aliphatic heterocycles. The highest BCUT2D eigenvalue weighted by atomic mass is 16.3. The van der Waals surface area contributed by atoms with Crippen LogP contribution in [0.4, 0.5) is 5.82 Å². The largest absolute Gasteiger partial charge is 0.508 e. The van der Waals surface area contributed by atoms with E-state index in [2.05, 4.69) is 21.0 Å². The normalized spacial score (nSPS) is 11.7. The molecule has 6 heteroatoms. The summed E-state index contributed by atoms with van der Waals surface area (Å²) in [7, 11) is 0. The molecular weight excluding hydrogens is 302 g/mol. The molecule has 4 rings (SSSR count). The fraction of sp³-hybridized carbons (Fsp3) is 0.111. The number of phenolic OH excluding ortho intramolecular Hbond substituents is 1. The number of nitrogens with zero attached hydrogens (tertiary/aromatic N) is 4. The lowest BCUT2D eigenvalue weighted by molar-refractivity contribution is 0.475. The molecule has 1 aliphatic rings. The Balaban J connectivity index is 2.03. The number of hydrogen-bond acceptors (Lipinski definition) is 6. The Morgan fingerprint density at radius 3 is 2.71 bits per heavy atom. The van der Waals surface area contributed by atoms with Crippen molar-refractivity contribution in [2.45, 2.75) is 13.3 Å². The summed E-state index contributed by atoms with van der Waals surface area (Å²) >= 11 is 0. The minimum Gasteiger partial charge on any atom is -0.508 e. The van der Waals surface area contributed by atoms with Crippen molar-refractivity contribution in [2.24, 2.45) is 0 Å². The molecule has 1 aliphatic carbocycles. The van der Waals surface area contributed by atoms with Gasteiger partial charge in [0.05, 0.1) is 5.69 Å². The molecule has 3 N–H and O–H groups in total. The molecule has 0 radical (unpaired) electrons. The van der Waals surface area contributed by atoms with Crippen LogP contribution < -0.4 is 5.73 Å². The van der Waals surface area contributed by atoms with Gasteiger partial charge in [-0.15, -0.1) is 0 Å². The summed E-state index contributed by atoms with van der Waals surface area (Å²) in [6.07, 6.45) is 3.96. The van der Waals surface area contributed by atoms with Gasteiger partial charge in [0.1, 0.15) is 29.0 Å². The van der Waals surface area contributed by atoms with E-state index in [0.29, 0.717) is 17.8 Å². The number of aromatic hydroxyl groups is 1. The standard InChI is InChI=1S/C18H13N5O/c1-9-21-7-11(8-22-9)16-14-5-10-4-12(24)2-3-13(10)17(14)23-18(20)15(16)6-19/h2-4,7-8,24H,5H2,1H3,(H2,20,23). The van der Waals surface area contributed by atoms with Crippen LogP contribution in [0.2, 0.25) is 0 Å². The highest BCUT2D eigenvalue weighted by Crippen LogP contribution is 2.43. The summed E-state index contributed by atoms with van der Waals surface area (Å²) < 4.78 is 0. The topological polar surface area (TPSA) is 109 Å². The Morgan fingerprint density at radius 1 is 1.25 bits per heavy atom. The zero-order valence-corrected chi connectivity index (χ0v) is 12.9. The summed E-state index contributed by atoms with van der Waals surface area (Å²) in [6, 6.07) is 7.32. The van der Waals surface area contributed by atoms with Gasteiger partial charge in [-0.1, -0.05) is 0 Å². The second-order valence-electron chi connectivity index (χ2n) is 5.72. The van der Waals surface area contributed by atoms with E-state index < -0.39 is 0 Å². The van der Waals surface area contributed by atoms with Crippen LogP contribution in [-0.4, -0.2) is 20.1 Å². The number of aromatic nitrogens is 3. The van der Waals surface area contributed by atoms with Crippen molar-refractivity contribution >= 4 is 5.82 Å².